The quantitative estimate of drug-likeness (QED) is 0.644. The number of carbonyl (C=O) groups is 1. The molecule has 2 aliphatic rings. The van der Waals surface area contributed by atoms with E-state index in [9.17, 15) is 4.79 Å². The SMILES string of the molecule is CC1(c2ccccc2SCCN2CCC(c3ccccc3)CC2)SCCN1C(N)=O. The number of nitrogens with two attached hydrogens (primary N) is 1. The highest BCUT2D eigenvalue weighted by Crippen LogP contribution is 2.47. The highest BCUT2D eigenvalue weighted by atomic mass is 32.2. The Kier molecular flexibility index (Phi) is 6.96. The molecule has 1 atom stereocenters. The van der Waals surface area contributed by atoms with Crippen molar-refractivity contribution >= 4 is 29.6 Å². The second-order valence-electron chi connectivity index (χ2n) is 8.19. The zero-order valence-corrected chi connectivity index (χ0v) is 19.3. The first kappa shape index (κ1) is 21.6. The van der Waals surface area contributed by atoms with E-state index in [1.54, 1.807) is 0 Å². The van der Waals surface area contributed by atoms with Crippen molar-refractivity contribution in [3.63, 3.8) is 0 Å². The summed E-state index contributed by atoms with van der Waals surface area (Å²) >= 11 is 3.71. The molecule has 0 aliphatic carbocycles. The lowest BCUT2D eigenvalue weighted by Gasteiger charge is -2.35. The second kappa shape index (κ2) is 9.67. The smallest absolute Gasteiger partial charge is 0.316 e. The van der Waals surface area contributed by atoms with Crippen molar-refractivity contribution in [1.82, 2.24) is 9.80 Å². The first-order valence-electron chi connectivity index (χ1n) is 10.8. The van der Waals surface area contributed by atoms with Gasteiger partial charge in [-0.25, -0.2) is 4.79 Å². The van der Waals surface area contributed by atoms with Crippen molar-refractivity contribution in [1.29, 1.82) is 0 Å². The Morgan fingerprint density at radius 1 is 1.10 bits per heavy atom. The van der Waals surface area contributed by atoms with Gasteiger partial charge in [0, 0.05) is 35.1 Å². The van der Waals surface area contributed by atoms with Crippen LogP contribution in [0.25, 0.3) is 0 Å². The minimum Gasteiger partial charge on any atom is -0.351 e. The molecule has 4 rings (SSSR count). The van der Waals surface area contributed by atoms with Crippen LogP contribution in [0.15, 0.2) is 59.5 Å². The van der Waals surface area contributed by atoms with Crippen LogP contribution in [0.1, 0.15) is 36.8 Å². The Labute approximate surface area is 188 Å². The maximum Gasteiger partial charge on any atom is 0.316 e. The van der Waals surface area contributed by atoms with E-state index < -0.39 is 0 Å². The Bertz CT molecular complexity index is 855. The van der Waals surface area contributed by atoms with Gasteiger partial charge in [-0.1, -0.05) is 48.5 Å². The molecule has 1 unspecified atom stereocenters. The summed E-state index contributed by atoms with van der Waals surface area (Å²) in [6.45, 7) is 6.29. The first-order valence-corrected chi connectivity index (χ1v) is 12.8. The molecule has 2 amide bonds. The molecule has 2 fully saturated rings. The summed E-state index contributed by atoms with van der Waals surface area (Å²) < 4.78 is 0. The van der Waals surface area contributed by atoms with E-state index in [1.165, 1.54) is 42.0 Å². The van der Waals surface area contributed by atoms with Crippen LogP contribution in [-0.2, 0) is 4.87 Å². The molecule has 0 saturated carbocycles. The summed E-state index contributed by atoms with van der Waals surface area (Å²) in [6.07, 6.45) is 2.49. The van der Waals surface area contributed by atoms with Gasteiger partial charge in [0.2, 0.25) is 0 Å². The molecule has 2 heterocycles. The highest BCUT2D eigenvalue weighted by molar-refractivity contribution is 8.01. The molecule has 0 spiro atoms. The van der Waals surface area contributed by atoms with Gasteiger partial charge in [0.1, 0.15) is 4.87 Å². The molecule has 160 valence electrons. The number of primary amides is 1. The van der Waals surface area contributed by atoms with E-state index in [0.29, 0.717) is 12.5 Å². The predicted molar refractivity (Wildman–Crippen MR) is 128 cm³/mol. The lowest BCUT2D eigenvalue weighted by atomic mass is 9.89. The molecule has 2 N–H and O–H groups in total. The number of likely N-dealkylation sites (tertiary alicyclic amines) is 1. The van der Waals surface area contributed by atoms with Crippen LogP contribution in [0.2, 0.25) is 0 Å². The maximum absolute atomic E-state index is 12.0. The van der Waals surface area contributed by atoms with Crippen molar-refractivity contribution in [2.45, 2.75) is 35.4 Å². The van der Waals surface area contributed by atoms with Crippen molar-refractivity contribution in [3.05, 3.63) is 65.7 Å². The molecule has 0 radical (unpaired) electrons. The largest absolute Gasteiger partial charge is 0.351 e. The van der Waals surface area contributed by atoms with Crippen molar-refractivity contribution in [3.8, 4) is 0 Å². The van der Waals surface area contributed by atoms with Gasteiger partial charge in [-0.2, -0.15) is 0 Å². The molecular formula is C24H31N3OS2. The van der Waals surface area contributed by atoms with E-state index in [0.717, 1.165) is 18.1 Å². The molecule has 2 aliphatic heterocycles. The lowest BCUT2D eigenvalue weighted by molar-refractivity contribution is 0.188. The minimum atomic E-state index is -0.372. The van der Waals surface area contributed by atoms with Crippen LogP contribution in [0.5, 0.6) is 0 Å². The number of rotatable bonds is 6. The molecule has 0 bridgehead atoms. The third kappa shape index (κ3) is 4.66. The highest BCUT2D eigenvalue weighted by Gasteiger charge is 2.42. The second-order valence-corrected chi connectivity index (χ2v) is 10.8. The Morgan fingerprint density at radius 2 is 1.80 bits per heavy atom. The summed E-state index contributed by atoms with van der Waals surface area (Å²) in [7, 11) is 0. The summed E-state index contributed by atoms with van der Waals surface area (Å²) in [5, 5.41) is 0. The van der Waals surface area contributed by atoms with Gasteiger partial charge in [-0.15, -0.1) is 23.5 Å². The lowest BCUT2D eigenvalue weighted by Crippen LogP contribution is -2.44. The van der Waals surface area contributed by atoms with Crippen LogP contribution in [-0.4, -0.2) is 53.5 Å². The third-order valence-corrected chi connectivity index (χ3v) is 8.83. The van der Waals surface area contributed by atoms with Crippen LogP contribution in [0.3, 0.4) is 0 Å². The molecule has 4 nitrogen and oxygen atoms in total. The van der Waals surface area contributed by atoms with Gasteiger partial charge >= 0.3 is 6.03 Å². The molecule has 6 heteroatoms. The topological polar surface area (TPSA) is 49.6 Å². The Hall–Kier alpha value is -1.63. The normalized spacial score (nSPS) is 23.0. The summed E-state index contributed by atoms with van der Waals surface area (Å²) in [6, 6.07) is 19.1. The van der Waals surface area contributed by atoms with Gasteiger partial charge < -0.3 is 15.5 Å². The van der Waals surface area contributed by atoms with E-state index in [-0.39, 0.29) is 10.9 Å². The van der Waals surface area contributed by atoms with Gasteiger partial charge in [0.25, 0.3) is 0 Å². The summed E-state index contributed by atoms with van der Waals surface area (Å²) in [5.74, 6) is 2.69. The number of amides is 2. The Morgan fingerprint density at radius 3 is 2.53 bits per heavy atom. The molecule has 2 saturated heterocycles. The van der Waals surface area contributed by atoms with Crippen LogP contribution < -0.4 is 5.73 Å². The van der Waals surface area contributed by atoms with Crippen LogP contribution in [0.4, 0.5) is 4.79 Å². The van der Waals surface area contributed by atoms with Gasteiger partial charge in [-0.3, -0.25) is 0 Å². The van der Waals surface area contributed by atoms with E-state index >= 15 is 0 Å². The van der Waals surface area contributed by atoms with E-state index in [2.05, 4.69) is 66.4 Å². The number of benzene rings is 2. The summed E-state index contributed by atoms with van der Waals surface area (Å²) in [5.41, 5.74) is 8.37. The van der Waals surface area contributed by atoms with Crippen molar-refractivity contribution < 1.29 is 4.79 Å². The number of urea groups is 1. The molecule has 2 aromatic rings. The number of thioether (sulfide) groups is 2. The van der Waals surface area contributed by atoms with Crippen LogP contribution >= 0.6 is 23.5 Å². The van der Waals surface area contributed by atoms with Gasteiger partial charge in [-0.05, 0) is 50.4 Å². The summed E-state index contributed by atoms with van der Waals surface area (Å²) in [4.78, 5) is 17.3. The standard InChI is InChI=1S/C24H31N3OS2/c1-24(27(23(25)28)16-18-30-24)21-9-5-6-10-22(21)29-17-15-26-13-11-20(12-14-26)19-7-3-2-4-8-19/h2-10,20H,11-18H2,1H3,(H2,25,28). The average molecular weight is 442 g/mol. The number of hydrogen-bond acceptors (Lipinski definition) is 4. The third-order valence-electron chi connectivity index (χ3n) is 6.39. The van der Waals surface area contributed by atoms with Gasteiger partial charge in [0.05, 0.1) is 0 Å². The molecule has 2 aromatic carbocycles. The molecular weight excluding hydrogens is 410 g/mol. The average Bonchev–Trinajstić information content (AvgIpc) is 3.18. The molecule has 0 aromatic heterocycles. The fourth-order valence-electron chi connectivity index (χ4n) is 4.65. The number of piperidine rings is 1. The van der Waals surface area contributed by atoms with E-state index in [4.69, 9.17) is 5.73 Å². The monoisotopic (exact) mass is 441 g/mol. The maximum atomic E-state index is 12.0. The molecule has 30 heavy (non-hydrogen) atoms. The van der Waals surface area contributed by atoms with Crippen molar-refractivity contribution in [2.24, 2.45) is 5.73 Å². The Balaban J connectivity index is 1.33. The zero-order chi connectivity index (χ0) is 21.0. The number of nitrogens with zero attached hydrogens (tertiary/aromatic N) is 2. The van der Waals surface area contributed by atoms with Gasteiger partial charge in [0.15, 0.2) is 0 Å². The zero-order valence-electron chi connectivity index (χ0n) is 17.6. The fraction of sp³-hybridized carbons (Fsp3) is 0.458. The predicted octanol–water partition coefficient (Wildman–Crippen LogP) is 4.96. The van der Waals surface area contributed by atoms with Crippen LogP contribution in [0, 0.1) is 0 Å². The fourth-order valence-corrected chi connectivity index (χ4v) is 7.22. The number of carbonyl (C=O) groups excluding carboxylic acids is 1. The number of hydrogen-bond donors (Lipinski definition) is 1. The first-order chi connectivity index (χ1) is 14.6. The van der Waals surface area contributed by atoms with E-state index in [1.807, 2.05) is 28.4 Å². The van der Waals surface area contributed by atoms with Crippen molar-refractivity contribution in [2.75, 3.05) is 37.7 Å². The minimum absolute atomic E-state index is 0.330.